The van der Waals surface area contributed by atoms with Crippen molar-refractivity contribution in [1.29, 1.82) is 0 Å². The molecule has 130 valence electrons. The summed E-state index contributed by atoms with van der Waals surface area (Å²) < 4.78 is 13.4. The van der Waals surface area contributed by atoms with Crippen molar-refractivity contribution in [2.75, 3.05) is 11.5 Å². The van der Waals surface area contributed by atoms with Crippen molar-refractivity contribution in [1.82, 2.24) is 4.98 Å². The molecular formula is C20H17FN4O. The van der Waals surface area contributed by atoms with E-state index in [1.54, 1.807) is 60.8 Å². The number of para-hydroxylation sites is 1. The molecule has 0 aliphatic rings. The maximum absolute atomic E-state index is 13.4. The van der Waals surface area contributed by atoms with Gasteiger partial charge in [-0.25, -0.2) is 4.39 Å². The fourth-order valence-corrected chi connectivity index (χ4v) is 2.60. The van der Waals surface area contributed by atoms with Gasteiger partial charge in [-0.05, 0) is 47.5 Å². The van der Waals surface area contributed by atoms with Gasteiger partial charge in [0.05, 0.1) is 17.0 Å². The number of carbonyl (C=O) groups excluding carboxylic acids is 1. The molecule has 3 rings (SSSR count). The zero-order chi connectivity index (χ0) is 18.7. The third-order valence-corrected chi connectivity index (χ3v) is 3.92. The van der Waals surface area contributed by atoms with Crippen LogP contribution in [0, 0.1) is 5.82 Å². The van der Waals surface area contributed by atoms with Crippen molar-refractivity contribution < 1.29 is 9.18 Å². The molecule has 1 aromatic heterocycles. The van der Waals surface area contributed by atoms with Crippen LogP contribution in [-0.4, -0.2) is 10.9 Å². The average molecular weight is 348 g/mol. The van der Waals surface area contributed by atoms with Gasteiger partial charge in [0.1, 0.15) is 5.82 Å². The Balaban J connectivity index is 2.06. The SMILES string of the molecule is NC(=O)C(=Cc1cc(-c2ccc(F)c(N)c2)ccn1)c1ccccc1N. The van der Waals surface area contributed by atoms with Crippen LogP contribution in [0.25, 0.3) is 22.8 Å². The van der Waals surface area contributed by atoms with Crippen molar-refractivity contribution in [3.8, 4) is 11.1 Å². The molecule has 0 fully saturated rings. The third kappa shape index (κ3) is 3.54. The Kier molecular flexibility index (Phi) is 4.66. The lowest BCUT2D eigenvalue weighted by Gasteiger charge is -2.08. The van der Waals surface area contributed by atoms with E-state index in [0.717, 1.165) is 11.1 Å². The zero-order valence-electron chi connectivity index (χ0n) is 13.8. The van der Waals surface area contributed by atoms with Gasteiger partial charge in [0, 0.05) is 17.4 Å². The summed E-state index contributed by atoms with van der Waals surface area (Å²) in [5.41, 5.74) is 20.4. The molecule has 6 heteroatoms. The van der Waals surface area contributed by atoms with Crippen LogP contribution >= 0.6 is 0 Å². The van der Waals surface area contributed by atoms with Gasteiger partial charge in [0.15, 0.2) is 0 Å². The summed E-state index contributed by atoms with van der Waals surface area (Å²) in [4.78, 5) is 16.2. The van der Waals surface area contributed by atoms with Crippen LogP contribution < -0.4 is 17.2 Å². The maximum Gasteiger partial charge on any atom is 0.249 e. The highest BCUT2D eigenvalue weighted by molar-refractivity contribution is 6.24. The fraction of sp³-hybridized carbons (Fsp3) is 0. The standard InChI is InChI=1S/C20H17FN4O/c21-17-6-5-12(10-19(17)23)13-7-8-25-14(9-13)11-16(20(24)26)15-3-1-2-4-18(15)22/h1-11H,22-23H2,(H2,24,26). The molecule has 1 heterocycles. The van der Waals surface area contributed by atoms with Crippen LogP contribution in [0.3, 0.4) is 0 Å². The Bertz CT molecular complexity index is 1010. The predicted octanol–water partition coefficient (Wildman–Crippen LogP) is 3.08. The smallest absolute Gasteiger partial charge is 0.249 e. The minimum Gasteiger partial charge on any atom is -0.398 e. The summed E-state index contributed by atoms with van der Waals surface area (Å²) >= 11 is 0. The average Bonchev–Trinajstić information content (AvgIpc) is 2.63. The molecule has 0 radical (unpaired) electrons. The van der Waals surface area contributed by atoms with Gasteiger partial charge in [0.25, 0.3) is 0 Å². The number of benzene rings is 2. The van der Waals surface area contributed by atoms with Gasteiger partial charge in [-0.1, -0.05) is 24.3 Å². The number of rotatable bonds is 4. The number of nitrogen functional groups attached to an aromatic ring is 2. The van der Waals surface area contributed by atoms with Crippen LogP contribution in [0.2, 0.25) is 0 Å². The van der Waals surface area contributed by atoms with Crippen molar-refractivity contribution in [3.63, 3.8) is 0 Å². The number of halogens is 1. The number of hydrogen-bond donors (Lipinski definition) is 3. The number of primary amides is 1. The summed E-state index contributed by atoms with van der Waals surface area (Å²) in [6, 6.07) is 15.0. The number of carbonyl (C=O) groups is 1. The summed E-state index contributed by atoms with van der Waals surface area (Å²) in [6.07, 6.45) is 3.16. The largest absolute Gasteiger partial charge is 0.398 e. The molecule has 2 aromatic carbocycles. The Labute approximate surface area is 150 Å². The maximum atomic E-state index is 13.4. The highest BCUT2D eigenvalue weighted by Gasteiger charge is 2.12. The van der Waals surface area contributed by atoms with Crippen molar-refractivity contribution in [3.05, 3.63) is 77.9 Å². The zero-order valence-corrected chi connectivity index (χ0v) is 13.8. The summed E-state index contributed by atoms with van der Waals surface area (Å²) in [5.74, 6) is -1.08. The number of hydrogen-bond acceptors (Lipinski definition) is 4. The van der Waals surface area contributed by atoms with Crippen LogP contribution in [0.1, 0.15) is 11.3 Å². The van der Waals surface area contributed by atoms with Crippen molar-refractivity contribution in [2.45, 2.75) is 0 Å². The second-order valence-electron chi connectivity index (χ2n) is 5.72. The van der Waals surface area contributed by atoms with E-state index in [0.29, 0.717) is 16.9 Å². The van der Waals surface area contributed by atoms with Gasteiger partial charge >= 0.3 is 0 Å². The second kappa shape index (κ2) is 7.06. The van der Waals surface area contributed by atoms with E-state index in [2.05, 4.69) is 4.98 Å². The third-order valence-electron chi connectivity index (χ3n) is 3.92. The van der Waals surface area contributed by atoms with Gasteiger partial charge in [-0.2, -0.15) is 0 Å². The predicted molar refractivity (Wildman–Crippen MR) is 102 cm³/mol. The Morgan fingerprint density at radius 2 is 1.69 bits per heavy atom. The first kappa shape index (κ1) is 17.2. The minimum atomic E-state index is -0.610. The van der Waals surface area contributed by atoms with Crippen LogP contribution in [0.4, 0.5) is 15.8 Å². The Hall–Kier alpha value is -3.67. The lowest BCUT2D eigenvalue weighted by atomic mass is 10.0. The summed E-state index contributed by atoms with van der Waals surface area (Å²) in [6.45, 7) is 0. The monoisotopic (exact) mass is 348 g/mol. The molecule has 0 aliphatic carbocycles. The topological polar surface area (TPSA) is 108 Å². The molecule has 0 spiro atoms. The number of amides is 1. The first-order valence-corrected chi connectivity index (χ1v) is 7.83. The minimum absolute atomic E-state index is 0.0614. The fourth-order valence-electron chi connectivity index (χ4n) is 2.60. The summed E-state index contributed by atoms with van der Waals surface area (Å²) in [5, 5.41) is 0. The number of pyridine rings is 1. The van der Waals surface area contributed by atoms with Gasteiger partial charge < -0.3 is 17.2 Å². The van der Waals surface area contributed by atoms with E-state index in [-0.39, 0.29) is 11.3 Å². The van der Waals surface area contributed by atoms with E-state index >= 15 is 0 Å². The molecule has 0 saturated carbocycles. The highest BCUT2D eigenvalue weighted by atomic mass is 19.1. The van der Waals surface area contributed by atoms with E-state index in [1.807, 2.05) is 0 Å². The Morgan fingerprint density at radius 1 is 0.962 bits per heavy atom. The molecule has 0 bridgehead atoms. The quantitative estimate of drug-likeness (QED) is 0.497. The molecule has 5 nitrogen and oxygen atoms in total. The summed E-state index contributed by atoms with van der Waals surface area (Å²) in [7, 11) is 0. The van der Waals surface area contributed by atoms with E-state index in [4.69, 9.17) is 17.2 Å². The molecule has 0 atom stereocenters. The molecule has 0 saturated heterocycles. The van der Waals surface area contributed by atoms with Gasteiger partial charge in [0.2, 0.25) is 5.91 Å². The van der Waals surface area contributed by atoms with Crippen LogP contribution in [-0.2, 0) is 4.79 Å². The molecule has 26 heavy (non-hydrogen) atoms. The van der Waals surface area contributed by atoms with Crippen LogP contribution in [0.5, 0.6) is 0 Å². The number of aromatic nitrogens is 1. The van der Waals surface area contributed by atoms with E-state index in [9.17, 15) is 9.18 Å². The number of nitrogens with zero attached hydrogens (tertiary/aromatic N) is 1. The lowest BCUT2D eigenvalue weighted by molar-refractivity contribution is -0.112. The van der Waals surface area contributed by atoms with E-state index in [1.165, 1.54) is 6.07 Å². The van der Waals surface area contributed by atoms with Crippen molar-refractivity contribution in [2.24, 2.45) is 5.73 Å². The number of nitrogens with two attached hydrogens (primary N) is 3. The van der Waals surface area contributed by atoms with Gasteiger partial charge in [-0.15, -0.1) is 0 Å². The lowest BCUT2D eigenvalue weighted by Crippen LogP contribution is -2.14. The molecule has 0 unspecified atom stereocenters. The molecule has 3 aromatic rings. The number of anilines is 2. The molecule has 1 amide bonds. The highest BCUT2D eigenvalue weighted by Crippen LogP contribution is 2.26. The van der Waals surface area contributed by atoms with Crippen molar-refractivity contribution >= 4 is 28.9 Å². The molecule has 0 aliphatic heterocycles. The van der Waals surface area contributed by atoms with Gasteiger partial charge in [-0.3, -0.25) is 9.78 Å². The van der Waals surface area contributed by atoms with Crippen LogP contribution in [0.15, 0.2) is 60.8 Å². The van der Waals surface area contributed by atoms with E-state index < -0.39 is 11.7 Å². The first-order chi connectivity index (χ1) is 12.5. The molecule has 6 N–H and O–H groups in total. The normalized spacial score (nSPS) is 11.3. The Morgan fingerprint density at radius 3 is 2.38 bits per heavy atom. The first-order valence-electron chi connectivity index (χ1n) is 7.83. The molecular weight excluding hydrogens is 331 g/mol. The second-order valence-corrected chi connectivity index (χ2v) is 5.72.